The van der Waals surface area contributed by atoms with Crippen LogP contribution >= 0.6 is 0 Å². The van der Waals surface area contributed by atoms with Gasteiger partial charge in [0.25, 0.3) is 0 Å². The Hall–Kier alpha value is -2.75. The van der Waals surface area contributed by atoms with E-state index in [2.05, 4.69) is 6.58 Å². The van der Waals surface area contributed by atoms with Crippen LogP contribution in [-0.4, -0.2) is 23.2 Å². The second-order valence-corrected chi connectivity index (χ2v) is 5.73. The Balaban J connectivity index is 2.11. The molecule has 1 aromatic carbocycles. The van der Waals surface area contributed by atoms with Gasteiger partial charge in [-0.2, -0.15) is 13.2 Å². The number of ether oxygens (including phenoxy) is 1. The second-order valence-electron chi connectivity index (χ2n) is 5.73. The minimum atomic E-state index is -4.56. The maximum Gasteiger partial charge on any atom is 0.458 e. The Kier molecular flexibility index (Phi) is 5.21. The van der Waals surface area contributed by atoms with Crippen LogP contribution in [0.3, 0.4) is 0 Å². The molecule has 1 N–H and O–H groups in total. The number of hydrogen-bond donors (Lipinski definition) is 1. The van der Waals surface area contributed by atoms with Crippen LogP contribution in [0.15, 0.2) is 36.4 Å². The van der Waals surface area contributed by atoms with Crippen LogP contribution in [0, 0.1) is 11.8 Å². The van der Waals surface area contributed by atoms with Gasteiger partial charge < -0.3 is 9.84 Å². The quantitative estimate of drug-likeness (QED) is 0.500. The molecule has 7 heteroatoms. The van der Waals surface area contributed by atoms with Gasteiger partial charge in [-0.05, 0) is 37.0 Å². The molecule has 0 heterocycles. The van der Waals surface area contributed by atoms with E-state index >= 15 is 0 Å². The summed E-state index contributed by atoms with van der Waals surface area (Å²) in [5, 5.41) is 8.76. The highest BCUT2D eigenvalue weighted by atomic mass is 19.4. The van der Waals surface area contributed by atoms with Crippen LogP contribution in [-0.2, 0) is 19.9 Å². The summed E-state index contributed by atoms with van der Waals surface area (Å²) in [4.78, 5) is 22.6. The summed E-state index contributed by atoms with van der Waals surface area (Å²) in [6, 6.07) is 5.99. The fourth-order valence-corrected chi connectivity index (χ4v) is 2.45. The molecule has 25 heavy (non-hydrogen) atoms. The molecule has 1 aliphatic rings. The van der Waals surface area contributed by atoms with E-state index in [-0.39, 0.29) is 11.1 Å². The number of carboxylic acid groups (broad SMARTS) is 1. The Labute approximate surface area is 142 Å². The number of hydrogen-bond acceptors (Lipinski definition) is 3. The van der Waals surface area contributed by atoms with E-state index in [0.29, 0.717) is 18.4 Å². The number of rotatable bonds is 5. The Morgan fingerprint density at radius 1 is 1.24 bits per heavy atom. The van der Waals surface area contributed by atoms with Gasteiger partial charge in [-0.15, -0.1) is 0 Å². The van der Waals surface area contributed by atoms with Crippen molar-refractivity contribution >= 4 is 11.9 Å². The number of esters is 1. The van der Waals surface area contributed by atoms with Gasteiger partial charge in [0.05, 0.1) is 6.42 Å². The Bertz CT molecular complexity index is 747. The van der Waals surface area contributed by atoms with Gasteiger partial charge in [-0.1, -0.05) is 24.6 Å². The van der Waals surface area contributed by atoms with Gasteiger partial charge >= 0.3 is 18.1 Å². The van der Waals surface area contributed by atoms with E-state index < -0.39 is 30.1 Å². The fraction of sp³-hybridized carbons (Fsp3) is 0.333. The highest BCUT2D eigenvalue weighted by Crippen LogP contribution is 2.45. The third-order valence-electron chi connectivity index (χ3n) is 3.89. The summed E-state index contributed by atoms with van der Waals surface area (Å²) in [5.41, 5.74) is -0.296. The van der Waals surface area contributed by atoms with E-state index in [9.17, 15) is 22.8 Å². The van der Waals surface area contributed by atoms with Crippen molar-refractivity contribution < 1.29 is 32.6 Å². The number of carboxylic acids is 1. The van der Waals surface area contributed by atoms with Gasteiger partial charge in [0.15, 0.2) is 0 Å². The van der Waals surface area contributed by atoms with Gasteiger partial charge in [0, 0.05) is 17.1 Å². The van der Waals surface area contributed by atoms with Crippen LogP contribution in [0.2, 0.25) is 0 Å². The lowest BCUT2D eigenvalue weighted by atomic mass is 9.74. The van der Waals surface area contributed by atoms with E-state index in [1.54, 1.807) is 12.1 Å². The van der Waals surface area contributed by atoms with E-state index in [4.69, 9.17) is 9.84 Å². The van der Waals surface area contributed by atoms with Gasteiger partial charge in [0.2, 0.25) is 0 Å². The molecule has 1 aliphatic carbocycles. The SMILES string of the molecule is C=C(CC(=O)OC1(c2ccc(C#CC(F)(F)F)cc2)CCC1)C(=O)O. The van der Waals surface area contributed by atoms with E-state index in [1.807, 2.05) is 5.92 Å². The largest absolute Gasteiger partial charge is 0.478 e. The lowest BCUT2D eigenvalue weighted by Crippen LogP contribution is -2.39. The maximum absolute atomic E-state index is 12.1. The third kappa shape index (κ3) is 4.86. The normalized spacial score (nSPS) is 15.3. The monoisotopic (exact) mass is 352 g/mol. The van der Waals surface area contributed by atoms with Crippen molar-refractivity contribution in [2.24, 2.45) is 0 Å². The molecule has 0 aromatic heterocycles. The molecular formula is C18H15F3O4. The summed E-state index contributed by atoms with van der Waals surface area (Å²) in [5.74, 6) is 1.24. The zero-order valence-electron chi connectivity index (χ0n) is 13.2. The summed E-state index contributed by atoms with van der Waals surface area (Å²) < 4.78 is 41.7. The fourth-order valence-electron chi connectivity index (χ4n) is 2.45. The van der Waals surface area contributed by atoms with Crippen molar-refractivity contribution in [3.8, 4) is 11.8 Å². The smallest absolute Gasteiger partial charge is 0.458 e. The summed E-state index contributed by atoms with van der Waals surface area (Å²) in [7, 11) is 0. The van der Waals surface area contributed by atoms with Gasteiger partial charge in [0.1, 0.15) is 5.60 Å². The average Bonchev–Trinajstić information content (AvgIpc) is 2.48. The number of alkyl halides is 3. The second kappa shape index (κ2) is 7.01. The number of carbonyl (C=O) groups excluding carboxylic acids is 1. The number of carbonyl (C=O) groups is 2. The summed E-state index contributed by atoms with van der Waals surface area (Å²) in [6.45, 7) is 3.29. The number of halogens is 3. The zero-order valence-corrected chi connectivity index (χ0v) is 13.2. The lowest BCUT2D eigenvalue weighted by molar-refractivity contribution is -0.171. The number of aliphatic carboxylic acids is 1. The summed E-state index contributed by atoms with van der Waals surface area (Å²) in [6.07, 6.45) is -3.04. The van der Waals surface area contributed by atoms with Crippen molar-refractivity contribution in [3.63, 3.8) is 0 Å². The molecule has 1 aromatic rings. The first-order valence-electron chi connectivity index (χ1n) is 7.45. The van der Waals surface area contributed by atoms with Crippen molar-refractivity contribution in [2.45, 2.75) is 37.5 Å². The molecule has 1 fully saturated rings. The third-order valence-corrected chi connectivity index (χ3v) is 3.89. The molecule has 1 saturated carbocycles. The first-order chi connectivity index (χ1) is 11.6. The molecule has 2 rings (SSSR count). The highest BCUT2D eigenvalue weighted by Gasteiger charge is 2.42. The molecule has 0 unspecified atom stereocenters. The average molecular weight is 352 g/mol. The zero-order chi connectivity index (χ0) is 18.7. The van der Waals surface area contributed by atoms with Crippen molar-refractivity contribution in [3.05, 3.63) is 47.5 Å². The van der Waals surface area contributed by atoms with Crippen LogP contribution in [0.1, 0.15) is 36.8 Å². The lowest BCUT2D eigenvalue weighted by Gasteiger charge is -2.41. The van der Waals surface area contributed by atoms with Crippen LogP contribution in [0.25, 0.3) is 0 Å². The standard InChI is InChI=1S/C18H15F3O4/c1-12(16(23)24)11-15(22)25-17(8-2-9-17)14-5-3-13(4-6-14)7-10-18(19,20)21/h3-6H,1-2,8-9,11H2,(H,23,24). The molecule has 132 valence electrons. The molecule has 0 spiro atoms. The first-order valence-corrected chi connectivity index (χ1v) is 7.45. The van der Waals surface area contributed by atoms with Crippen molar-refractivity contribution in [2.75, 3.05) is 0 Å². The molecule has 0 amide bonds. The predicted octanol–water partition coefficient (Wildman–Crippen LogP) is 3.55. The van der Waals surface area contributed by atoms with Crippen LogP contribution in [0.4, 0.5) is 13.2 Å². The van der Waals surface area contributed by atoms with Crippen molar-refractivity contribution in [1.82, 2.24) is 0 Å². The van der Waals surface area contributed by atoms with E-state index in [1.165, 1.54) is 18.1 Å². The van der Waals surface area contributed by atoms with Crippen LogP contribution < -0.4 is 0 Å². The minimum absolute atomic E-state index is 0.195. The molecule has 0 atom stereocenters. The number of benzene rings is 1. The Morgan fingerprint density at radius 3 is 2.28 bits per heavy atom. The molecule has 0 radical (unpaired) electrons. The maximum atomic E-state index is 12.1. The van der Waals surface area contributed by atoms with Crippen molar-refractivity contribution in [1.29, 1.82) is 0 Å². The van der Waals surface area contributed by atoms with Gasteiger partial charge in [-0.25, -0.2) is 4.79 Å². The highest BCUT2D eigenvalue weighted by molar-refractivity contribution is 5.91. The van der Waals surface area contributed by atoms with E-state index in [0.717, 1.165) is 6.42 Å². The molecule has 0 aliphatic heterocycles. The van der Waals surface area contributed by atoms with Gasteiger partial charge in [-0.3, -0.25) is 4.79 Å². The predicted molar refractivity (Wildman–Crippen MR) is 82.4 cm³/mol. The molecular weight excluding hydrogens is 337 g/mol. The topological polar surface area (TPSA) is 63.6 Å². The Morgan fingerprint density at radius 2 is 1.84 bits per heavy atom. The first kappa shape index (κ1) is 18.6. The van der Waals surface area contributed by atoms with Crippen LogP contribution in [0.5, 0.6) is 0 Å². The molecule has 4 nitrogen and oxygen atoms in total. The summed E-state index contributed by atoms with van der Waals surface area (Å²) >= 11 is 0. The molecule has 0 saturated heterocycles. The molecule has 0 bridgehead atoms. The minimum Gasteiger partial charge on any atom is -0.478 e.